The number of amides is 1. The summed E-state index contributed by atoms with van der Waals surface area (Å²) in [5.74, 6) is -0.809. The van der Waals surface area contributed by atoms with Gasteiger partial charge in [-0.1, -0.05) is 58.1 Å². The zero-order valence-electron chi connectivity index (χ0n) is 20.8. The summed E-state index contributed by atoms with van der Waals surface area (Å²) in [6.07, 6.45) is 2.34. The van der Waals surface area contributed by atoms with Crippen molar-refractivity contribution >= 4 is 15.9 Å². The van der Waals surface area contributed by atoms with Gasteiger partial charge in [0.15, 0.2) is 4.75 Å². The smallest absolute Gasteiger partial charge is 0.289 e. The largest absolute Gasteiger partial charge is 0.393 e. The Bertz CT molecular complexity index is 880. The van der Waals surface area contributed by atoms with Crippen molar-refractivity contribution < 1.29 is 31.6 Å². The van der Waals surface area contributed by atoms with Gasteiger partial charge in [-0.3, -0.25) is 10.0 Å². The Labute approximate surface area is 202 Å². The second-order valence-electron chi connectivity index (χ2n) is 9.56. The predicted octanol–water partition coefficient (Wildman–Crippen LogP) is 5.52. The average molecular weight is 509 g/mol. The van der Waals surface area contributed by atoms with Crippen molar-refractivity contribution in [1.29, 1.82) is 0 Å². The summed E-state index contributed by atoms with van der Waals surface area (Å²) in [6.45, 7) is 11.7. The van der Waals surface area contributed by atoms with Crippen molar-refractivity contribution in [3.05, 3.63) is 36.0 Å². The zero-order valence-corrected chi connectivity index (χ0v) is 21.7. The number of hydrogen-bond acceptors (Lipinski definition) is 4. The lowest BCUT2D eigenvalue weighted by Gasteiger charge is -2.38. The molecule has 10 heteroatoms. The molecule has 6 nitrogen and oxygen atoms in total. The zero-order chi connectivity index (χ0) is 26.4. The molecule has 0 unspecified atom stereocenters. The SMILES string of the molecule is C=C/C(=C\C=C(/C)C1CCN(S(=O)(=O)C(CC)(CC)C(=O)NO)CC1)CCC(C)(C)C(F)(F)F. The minimum absolute atomic E-state index is 0.0390. The third-order valence-electron chi connectivity index (χ3n) is 7.22. The van der Waals surface area contributed by atoms with Crippen molar-refractivity contribution in [2.75, 3.05) is 13.1 Å². The van der Waals surface area contributed by atoms with E-state index in [1.165, 1.54) is 23.6 Å². The number of allylic oxidation sites excluding steroid dienone is 5. The van der Waals surface area contributed by atoms with Gasteiger partial charge in [-0.2, -0.15) is 13.2 Å². The molecule has 0 aromatic carbocycles. The van der Waals surface area contributed by atoms with E-state index in [9.17, 15) is 26.4 Å². The molecule has 1 aliphatic rings. The highest BCUT2D eigenvalue weighted by Gasteiger charge is 2.51. The van der Waals surface area contributed by atoms with Crippen molar-refractivity contribution in [2.24, 2.45) is 11.3 Å². The maximum Gasteiger partial charge on any atom is 0.393 e. The number of sulfonamides is 1. The fraction of sp³-hybridized carbons (Fsp3) is 0.708. The van der Waals surface area contributed by atoms with Gasteiger partial charge < -0.3 is 0 Å². The summed E-state index contributed by atoms with van der Waals surface area (Å²) in [5.41, 5.74) is 1.44. The molecule has 1 saturated heterocycles. The molecule has 1 amide bonds. The van der Waals surface area contributed by atoms with E-state index in [-0.39, 0.29) is 44.7 Å². The summed E-state index contributed by atoms with van der Waals surface area (Å²) in [7, 11) is -3.98. The van der Waals surface area contributed by atoms with Crippen LogP contribution >= 0.6 is 0 Å². The first-order chi connectivity index (χ1) is 15.6. The number of hydroxylamine groups is 1. The number of nitrogens with one attached hydrogen (secondary N) is 1. The molecule has 0 atom stereocenters. The Morgan fingerprint density at radius 3 is 2.09 bits per heavy atom. The number of nitrogens with zero attached hydrogens (tertiary/aromatic N) is 1. The van der Waals surface area contributed by atoms with Crippen molar-refractivity contribution in [1.82, 2.24) is 9.79 Å². The number of carbonyl (C=O) groups is 1. The monoisotopic (exact) mass is 508 g/mol. The molecule has 2 N–H and O–H groups in total. The first-order valence-corrected chi connectivity index (χ1v) is 13.1. The fourth-order valence-electron chi connectivity index (χ4n) is 4.18. The quantitative estimate of drug-likeness (QED) is 0.219. The second kappa shape index (κ2) is 11.9. The number of hydrogen-bond donors (Lipinski definition) is 2. The molecule has 0 radical (unpaired) electrons. The number of alkyl halides is 3. The third kappa shape index (κ3) is 6.51. The first-order valence-electron chi connectivity index (χ1n) is 11.6. The lowest BCUT2D eigenvalue weighted by molar-refractivity contribution is -0.213. The Morgan fingerprint density at radius 2 is 1.68 bits per heavy atom. The summed E-state index contributed by atoms with van der Waals surface area (Å²) in [4.78, 5) is 12.3. The van der Waals surface area contributed by atoms with Crippen LogP contribution in [0.25, 0.3) is 0 Å². The van der Waals surface area contributed by atoms with E-state index in [4.69, 9.17) is 5.21 Å². The summed E-state index contributed by atoms with van der Waals surface area (Å²) in [5, 5.41) is 9.10. The Balaban J connectivity index is 2.90. The van der Waals surface area contributed by atoms with E-state index in [0.717, 1.165) is 5.57 Å². The van der Waals surface area contributed by atoms with Crippen molar-refractivity contribution in [3.8, 4) is 0 Å². The maximum absolute atomic E-state index is 13.3. The fourth-order valence-corrected chi connectivity index (χ4v) is 6.38. The molecular weight excluding hydrogens is 469 g/mol. The van der Waals surface area contributed by atoms with Gasteiger partial charge >= 0.3 is 6.18 Å². The molecule has 1 fully saturated rings. The molecule has 196 valence electrons. The first kappa shape index (κ1) is 30.4. The van der Waals surface area contributed by atoms with Crippen LogP contribution in [0.3, 0.4) is 0 Å². The second-order valence-corrected chi connectivity index (χ2v) is 11.8. The van der Waals surface area contributed by atoms with Crippen LogP contribution in [0.4, 0.5) is 13.2 Å². The number of halogens is 3. The van der Waals surface area contributed by atoms with Gasteiger partial charge in [0.25, 0.3) is 5.91 Å². The van der Waals surface area contributed by atoms with E-state index in [1.807, 2.05) is 13.0 Å². The van der Waals surface area contributed by atoms with E-state index < -0.39 is 32.3 Å². The molecule has 0 aromatic rings. The molecule has 0 bridgehead atoms. The molecule has 0 saturated carbocycles. The molecule has 1 heterocycles. The van der Waals surface area contributed by atoms with Crippen LogP contribution in [0.1, 0.15) is 73.1 Å². The third-order valence-corrected chi connectivity index (χ3v) is 10.0. The van der Waals surface area contributed by atoms with Crippen LogP contribution in [-0.4, -0.2) is 47.9 Å². The molecular formula is C24H39F3N2O4S. The lowest BCUT2D eigenvalue weighted by Crippen LogP contribution is -2.57. The highest BCUT2D eigenvalue weighted by atomic mass is 32.2. The Kier molecular flexibility index (Phi) is 10.6. The van der Waals surface area contributed by atoms with E-state index in [2.05, 4.69) is 6.58 Å². The minimum atomic E-state index is -4.27. The van der Waals surface area contributed by atoms with E-state index >= 15 is 0 Å². The number of rotatable bonds is 11. The Morgan fingerprint density at radius 1 is 1.15 bits per heavy atom. The molecule has 0 aliphatic carbocycles. The highest BCUT2D eigenvalue weighted by molar-refractivity contribution is 7.91. The highest BCUT2D eigenvalue weighted by Crippen LogP contribution is 2.42. The van der Waals surface area contributed by atoms with Gasteiger partial charge in [0.1, 0.15) is 0 Å². The van der Waals surface area contributed by atoms with Gasteiger partial charge in [-0.25, -0.2) is 18.2 Å². The van der Waals surface area contributed by atoms with Gasteiger partial charge in [0, 0.05) is 13.1 Å². The van der Waals surface area contributed by atoms with Gasteiger partial charge in [0.2, 0.25) is 10.0 Å². The molecule has 1 aliphatic heterocycles. The standard InChI is InChI=1S/C24H39F3N2O4S/c1-7-19(12-15-22(5,6)24(25,26)27)11-10-18(4)20-13-16-29(17-14-20)34(32,33)23(8-2,9-3)21(30)28-31/h7,10-11,20,31H,1,8-9,12-17H2,2-6H3,(H,28,30)/b18-10+,19-11+. The summed E-state index contributed by atoms with van der Waals surface area (Å²) in [6, 6.07) is 0. The van der Waals surface area contributed by atoms with Crippen molar-refractivity contribution in [2.45, 2.75) is 84.1 Å². The topological polar surface area (TPSA) is 86.7 Å². The van der Waals surface area contributed by atoms with Crippen molar-refractivity contribution in [3.63, 3.8) is 0 Å². The Hall–Kier alpha value is -1.65. The molecule has 0 spiro atoms. The molecule has 1 rings (SSSR count). The number of carbonyl (C=O) groups excluding carboxylic acids is 1. The van der Waals surface area contributed by atoms with E-state index in [1.54, 1.807) is 26.0 Å². The molecule has 34 heavy (non-hydrogen) atoms. The summed E-state index contributed by atoms with van der Waals surface area (Å²) < 4.78 is 65.4. The number of piperidine rings is 1. The van der Waals surface area contributed by atoms with Crippen LogP contribution in [0.5, 0.6) is 0 Å². The lowest BCUT2D eigenvalue weighted by atomic mass is 9.85. The normalized spacial score (nSPS) is 18.1. The predicted molar refractivity (Wildman–Crippen MR) is 128 cm³/mol. The van der Waals surface area contributed by atoms with Gasteiger partial charge in [0.05, 0.1) is 5.41 Å². The van der Waals surface area contributed by atoms with Gasteiger partial charge in [-0.05, 0) is 56.9 Å². The summed E-state index contributed by atoms with van der Waals surface area (Å²) >= 11 is 0. The van der Waals surface area contributed by atoms with E-state index in [0.29, 0.717) is 18.4 Å². The van der Waals surface area contributed by atoms with Crippen LogP contribution in [0, 0.1) is 11.3 Å². The maximum atomic E-state index is 13.3. The molecule has 0 aromatic heterocycles. The van der Waals surface area contributed by atoms with Crippen LogP contribution in [0.15, 0.2) is 36.0 Å². The van der Waals surface area contributed by atoms with Crippen LogP contribution < -0.4 is 5.48 Å². The van der Waals surface area contributed by atoms with Gasteiger partial charge in [-0.15, -0.1) is 0 Å². The van der Waals surface area contributed by atoms with Crippen LogP contribution in [0.2, 0.25) is 0 Å². The minimum Gasteiger partial charge on any atom is -0.289 e. The van der Waals surface area contributed by atoms with Crippen LogP contribution in [-0.2, 0) is 14.8 Å². The average Bonchev–Trinajstić information content (AvgIpc) is 2.79.